The molecule has 2 rings (SSSR count). The van der Waals surface area contributed by atoms with Gasteiger partial charge in [-0.3, -0.25) is 9.59 Å². The van der Waals surface area contributed by atoms with Crippen LogP contribution in [0.5, 0.6) is 5.75 Å². The lowest BCUT2D eigenvalue weighted by Gasteiger charge is -2.11. The Balaban J connectivity index is 1.98. The van der Waals surface area contributed by atoms with E-state index >= 15 is 0 Å². The second kappa shape index (κ2) is 11.1. The van der Waals surface area contributed by atoms with Gasteiger partial charge in [-0.05, 0) is 48.7 Å². The summed E-state index contributed by atoms with van der Waals surface area (Å²) in [6.45, 7) is 5.85. The van der Waals surface area contributed by atoms with Crippen LogP contribution in [0, 0.1) is 5.92 Å². The Morgan fingerprint density at radius 2 is 1.71 bits per heavy atom. The number of amides is 2. The van der Waals surface area contributed by atoms with Crippen molar-refractivity contribution in [1.29, 1.82) is 0 Å². The minimum Gasteiger partial charge on any atom is -0.493 e. The summed E-state index contributed by atoms with van der Waals surface area (Å²) in [5.41, 5.74) is 1.54. The Kier molecular flexibility index (Phi) is 8.49. The largest absolute Gasteiger partial charge is 0.493 e. The van der Waals surface area contributed by atoms with E-state index < -0.39 is 0 Å². The molecule has 0 aliphatic heterocycles. The van der Waals surface area contributed by atoms with Gasteiger partial charge < -0.3 is 20.1 Å². The lowest BCUT2D eigenvalue weighted by molar-refractivity contribution is 0.0947. The molecule has 6 heteroatoms. The maximum atomic E-state index is 12.5. The molecular weight excluding hydrogens is 356 g/mol. The number of carbonyl (C=O) groups excluding carboxylic acids is 2. The zero-order valence-corrected chi connectivity index (χ0v) is 16.7. The van der Waals surface area contributed by atoms with Crippen LogP contribution in [0.4, 0.5) is 5.69 Å². The van der Waals surface area contributed by atoms with E-state index in [-0.39, 0.29) is 11.8 Å². The van der Waals surface area contributed by atoms with Gasteiger partial charge in [0.1, 0.15) is 5.75 Å². The molecule has 0 aliphatic rings. The molecule has 0 atom stereocenters. The fraction of sp³-hybridized carbons (Fsp3) is 0.364. The predicted molar refractivity (Wildman–Crippen MR) is 110 cm³/mol. The Labute approximate surface area is 166 Å². The highest BCUT2D eigenvalue weighted by Crippen LogP contribution is 2.17. The lowest BCUT2D eigenvalue weighted by Crippen LogP contribution is -2.25. The normalized spacial score (nSPS) is 10.6. The summed E-state index contributed by atoms with van der Waals surface area (Å²) in [6, 6.07) is 13.9. The first-order valence-corrected chi connectivity index (χ1v) is 9.41. The van der Waals surface area contributed by atoms with Crippen molar-refractivity contribution in [2.75, 3.05) is 32.2 Å². The van der Waals surface area contributed by atoms with Crippen LogP contribution >= 0.6 is 0 Å². The van der Waals surface area contributed by atoms with Gasteiger partial charge in [-0.25, -0.2) is 0 Å². The molecule has 150 valence electrons. The van der Waals surface area contributed by atoms with Crippen molar-refractivity contribution in [2.45, 2.75) is 20.3 Å². The number of hydrogen-bond acceptors (Lipinski definition) is 4. The van der Waals surface area contributed by atoms with Gasteiger partial charge in [0.15, 0.2) is 0 Å². The molecule has 0 unspecified atom stereocenters. The van der Waals surface area contributed by atoms with Gasteiger partial charge in [-0.2, -0.15) is 0 Å². The molecule has 0 aliphatic carbocycles. The second-order valence-corrected chi connectivity index (χ2v) is 6.87. The van der Waals surface area contributed by atoms with Gasteiger partial charge in [-0.15, -0.1) is 0 Å². The first-order valence-electron chi connectivity index (χ1n) is 9.41. The van der Waals surface area contributed by atoms with Crippen LogP contribution in [0.25, 0.3) is 0 Å². The van der Waals surface area contributed by atoms with Gasteiger partial charge >= 0.3 is 0 Å². The molecule has 2 amide bonds. The third kappa shape index (κ3) is 7.04. The third-order valence-corrected chi connectivity index (χ3v) is 3.87. The maximum Gasteiger partial charge on any atom is 0.255 e. The van der Waals surface area contributed by atoms with Crippen molar-refractivity contribution in [3.05, 3.63) is 59.7 Å². The van der Waals surface area contributed by atoms with E-state index in [1.165, 1.54) is 0 Å². The summed E-state index contributed by atoms with van der Waals surface area (Å²) >= 11 is 0. The van der Waals surface area contributed by atoms with Crippen molar-refractivity contribution >= 4 is 17.5 Å². The SMILES string of the molecule is COCCCNC(=O)c1cccc(NC(=O)c2cccc(OCC(C)C)c2)c1. The molecule has 0 aromatic heterocycles. The lowest BCUT2D eigenvalue weighted by atomic mass is 10.1. The summed E-state index contributed by atoms with van der Waals surface area (Å²) in [4.78, 5) is 24.8. The topological polar surface area (TPSA) is 76.7 Å². The fourth-order valence-corrected chi connectivity index (χ4v) is 2.45. The van der Waals surface area contributed by atoms with E-state index in [1.807, 2.05) is 6.07 Å². The van der Waals surface area contributed by atoms with Crippen molar-refractivity contribution < 1.29 is 19.1 Å². The predicted octanol–water partition coefficient (Wildman–Crippen LogP) is 3.74. The standard InChI is InChI=1S/C22H28N2O4/c1-16(2)15-28-20-10-5-8-18(14-20)22(26)24-19-9-4-7-17(13-19)21(25)23-11-6-12-27-3/h4-5,7-10,13-14,16H,6,11-12,15H2,1-3H3,(H,23,25)(H,24,26). The molecule has 2 aromatic carbocycles. The number of rotatable bonds is 10. The average molecular weight is 384 g/mol. The maximum absolute atomic E-state index is 12.5. The Bertz CT molecular complexity index is 790. The van der Waals surface area contributed by atoms with E-state index in [0.717, 1.165) is 6.42 Å². The number of carbonyl (C=O) groups is 2. The molecule has 28 heavy (non-hydrogen) atoms. The molecule has 0 fully saturated rings. The summed E-state index contributed by atoms with van der Waals surface area (Å²) in [5, 5.41) is 5.66. The van der Waals surface area contributed by atoms with Crippen molar-refractivity contribution in [3.63, 3.8) is 0 Å². The van der Waals surface area contributed by atoms with Crippen LogP contribution in [0.15, 0.2) is 48.5 Å². The average Bonchev–Trinajstić information content (AvgIpc) is 2.70. The molecule has 0 spiro atoms. The number of ether oxygens (including phenoxy) is 2. The summed E-state index contributed by atoms with van der Waals surface area (Å²) in [5.74, 6) is 0.621. The molecule has 0 bridgehead atoms. The third-order valence-electron chi connectivity index (χ3n) is 3.87. The second-order valence-electron chi connectivity index (χ2n) is 6.87. The zero-order chi connectivity index (χ0) is 20.4. The molecule has 2 aromatic rings. The van der Waals surface area contributed by atoms with Crippen LogP contribution in [0.1, 0.15) is 41.0 Å². The van der Waals surface area contributed by atoms with E-state index in [2.05, 4.69) is 24.5 Å². The minimum atomic E-state index is -0.257. The smallest absolute Gasteiger partial charge is 0.255 e. The van der Waals surface area contributed by atoms with Crippen molar-refractivity contribution in [2.24, 2.45) is 5.92 Å². The molecule has 0 heterocycles. The van der Waals surface area contributed by atoms with Gasteiger partial charge in [-0.1, -0.05) is 26.0 Å². The van der Waals surface area contributed by atoms with E-state index in [9.17, 15) is 9.59 Å². The molecule has 2 N–H and O–H groups in total. The number of anilines is 1. The van der Waals surface area contributed by atoms with Gasteiger partial charge in [0.25, 0.3) is 11.8 Å². The molecular formula is C22H28N2O4. The fourth-order valence-electron chi connectivity index (χ4n) is 2.45. The summed E-state index contributed by atoms with van der Waals surface area (Å²) < 4.78 is 10.6. The van der Waals surface area contributed by atoms with Crippen LogP contribution in [0.2, 0.25) is 0 Å². The van der Waals surface area contributed by atoms with E-state index in [0.29, 0.717) is 48.2 Å². The number of nitrogens with one attached hydrogen (secondary N) is 2. The van der Waals surface area contributed by atoms with Gasteiger partial charge in [0.05, 0.1) is 6.61 Å². The summed E-state index contributed by atoms with van der Waals surface area (Å²) in [7, 11) is 1.63. The Morgan fingerprint density at radius 1 is 1.00 bits per heavy atom. The quantitative estimate of drug-likeness (QED) is 0.612. The molecule has 0 radical (unpaired) electrons. The van der Waals surface area contributed by atoms with E-state index in [4.69, 9.17) is 9.47 Å². The van der Waals surface area contributed by atoms with Crippen molar-refractivity contribution in [1.82, 2.24) is 5.32 Å². The number of hydrogen-bond donors (Lipinski definition) is 2. The van der Waals surface area contributed by atoms with Crippen LogP contribution in [-0.4, -0.2) is 38.7 Å². The Hall–Kier alpha value is -2.86. The zero-order valence-electron chi connectivity index (χ0n) is 16.7. The number of benzene rings is 2. The first kappa shape index (κ1) is 21.4. The minimum absolute atomic E-state index is 0.184. The highest BCUT2D eigenvalue weighted by Gasteiger charge is 2.10. The molecule has 6 nitrogen and oxygen atoms in total. The van der Waals surface area contributed by atoms with Crippen molar-refractivity contribution in [3.8, 4) is 5.75 Å². The van der Waals surface area contributed by atoms with Crippen LogP contribution in [0.3, 0.4) is 0 Å². The number of methoxy groups -OCH3 is 1. The highest BCUT2D eigenvalue weighted by atomic mass is 16.5. The molecule has 0 saturated heterocycles. The highest BCUT2D eigenvalue weighted by molar-refractivity contribution is 6.05. The van der Waals surface area contributed by atoms with Crippen LogP contribution < -0.4 is 15.4 Å². The Morgan fingerprint density at radius 3 is 2.43 bits per heavy atom. The monoisotopic (exact) mass is 384 g/mol. The van der Waals surface area contributed by atoms with Gasteiger partial charge in [0.2, 0.25) is 0 Å². The first-order chi connectivity index (χ1) is 13.5. The summed E-state index contributed by atoms with van der Waals surface area (Å²) in [6.07, 6.45) is 0.744. The molecule has 0 saturated carbocycles. The van der Waals surface area contributed by atoms with Crippen LogP contribution in [-0.2, 0) is 4.74 Å². The van der Waals surface area contributed by atoms with Gasteiger partial charge in [0, 0.05) is 37.1 Å². The van der Waals surface area contributed by atoms with E-state index in [1.54, 1.807) is 49.6 Å².